The summed E-state index contributed by atoms with van der Waals surface area (Å²) in [7, 11) is -6.89. The first-order chi connectivity index (χ1) is 18.6. The molecule has 2 aliphatic heterocycles. The molecule has 39 heavy (non-hydrogen) atoms. The van der Waals surface area contributed by atoms with Crippen LogP contribution in [0.2, 0.25) is 0 Å². The molecule has 0 spiro atoms. The number of sulfonamides is 1. The number of nitrogens with one attached hydrogen (secondary N) is 1. The van der Waals surface area contributed by atoms with Crippen LogP contribution in [0.1, 0.15) is 42.5 Å². The molecule has 1 aromatic heterocycles. The van der Waals surface area contributed by atoms with E-state index in [2.05, 4.69) is 20.4 Å². The van der Waals surface area contributed by atoms with E-state index in [0.29, 0.717) is 75.6 Å². The van der Waals surface area contributed by atoms with Gasteiger partial charge in [-0.1, -0.05) is 17.3 Å². The van der Waals surface area contributed by atoms with Gasteiger partial charge in [-0.05, 0) is 50.9 Å². The number of amides is 1. The van der Waals surface area contributed by atoms with Crippen molar-refractivity contribution in [1.82, 2.24) is 9.88 Å². The third-order valence-electron chi connectivity index (χ3n) is 6.97. The van der Waals surface area contributed by atoms with Gasteiger partial charge in [0, 0.05) is 29.6 Å². The van der Waals surface area contributed by atoms with Crippen LogP contribution in [0.25, 0.3) is 0 Å². The number of ether oxygens (including phenoxy) is 1. The fourth-order valence-electron chi connectivity index (χ4n) is 4.53. The van der Waals surface area contributed by atoms with E-state index < -0.39 is 31.0 Å². The van der Waals surface area contributed by atoms with E-state index in [-0.39, 0.29) is 22.0 Å². The van der Waals surface area contributed by atoms with E-state index in [4.69, 9.17) is 14.7 Å². The SMILES string of the molecule is NS(=O)(=O)C1CCN(Cc2cnc(NC(=O)C(=NO[C@@H]3CCOC3)c3ccc(S(=O)(=O)C4CC4)cc3)s2)CC1. The minimum atomic E-state index is -3.53. The molecule has 12 nitrogen and oxygen atoms in total. The number of thiazole rings is 1. The van der Waals surface area contributed by atoms with E-state index in [9.17, 15) is 21.6 Å². The van der Waals surface area contributed by atoms with Gasteiger partial charge in [0.15, 0.2) is 26.8 Å². The molecular weight excluding hydrogens is 566 g/mol. The van der Waals surface area contributed by atoms with Crippen molar-refractivity contribution < 1.29 is 31.2 Å². The Morgan fingerprint density at radius 1 is 1.10 bits per heavy atom. The number of hydrogen-bond acceptors (Lipinski definition) is 11. The molecule has 1 aromatic carbocycles. The highest BCUT2D eigenvalue weighted by molar-refractivity contribution is 7.92. The van der Waals surface area contributed by atoms with Gasteiger partial charge in [-0.15, -0.1) is 11.3 Å². The summed E-state index contributed by atoms with van der Waals surface area (Å²) in [5.74, 6) is -0.540. The highest BCUT2D eigenvalue weighted by Crippen LogP contribution is 2.33. The van der Waals surface area contributed by atoms with Crippen LogP contribution in [0.4, 0.5) is 5.13 Å². The van der Waals surface area contributed by atoms with Crippen molar-refractivity contribution in [2.45, 2.75) is 60.1 Å². The van der Waals surface area contributed by atoms with Crippen LogP contribution in [0.15, 0.2) is 40.5 Å². The topological polar surface area (TPSA) is 170 Å². The summed E-state index contributed by atoms with van der Waals surface area (Å²) in [6.45, 7) is 2.71. The summed E-state index contributed by atoms with van der Waals surface area (Å²) < 4.78 is 53.6. The summed E-state index contributed by atoms with van der Waals surface area (Å²) in [4.78, 5) is 26.4. The molecule has 1 amide bonds. The van der Waals surface area contributed by atoms with Gasteiger partial charge in [0.2, 0.25) is 10.0 Å². The molecular formula is C24H31N5O7S3. The maximum atomic E-state index is 13.3. The largest absolute Gasteiger partial charge is 0.389 e. The van der Waals surface area contributed by atoms with Gasteiger partial charge in [0.1, 0.15) is 0 Å². The summed E-state index contributed by atoms with van der Waals surface area (Å²) in [6, 6.07) is 6.09. The van der Waals surface area contributed by atoms with Crippen molar-refractivity contribution in [3.05, 3.63) is 40.9 Å². The number of hydrogen-bond donors (Lipinski definition) is 2. The average molecular weight is 598 g/mol. The van der Waals surface area contributed by atoms with Crippen LogP contribution < -0.4 is 10.5 Å². The summed E-state index contributed by atoms with van der Waals surface area (Å²) in [6.07, 6.45) is 4.35. The van der Waals surface area contributed by atoms with E-state index >= 15 is 0 Å². The molecule has 1 saturated carbocycles. The molecule has 212 valence electrons. The lowest BCUT2D eigenvalue weighted by Gasteiger charge is -2.30. The minimum Gasteiger partial charge on any atom is -0.389 e. The molecule has 0 radical (unpaired) electrons. The van der Waals surface area contributed by atoms with Crippen LogP contribution in [0.3, 0.4) is 0 Å². The summed E-state index contributed by atoms with van der Waals surface area (Å²) in [5, 5.41) is 11.7. The number of carbonyl (C=O) groups excluding carboxylic acids is 1. The highest BCUT2D eigenvalue weighted by Gasteiger charge is 2.37. The van der Waals surface area contributed by atoms with Gasteiger partial charge >= 0.3 is 0 Å². The molecule has 0 unspecified atom stereocenters. The molecule has 3 fully saturated rings. The normalized spacial score (nSPS) is 21.7. The molecule has 1 atom stereocenters. The molecule has 5 rings (SSSR count). The zero-order valence-electron chi connectivity index (χ0n) is 21.2. The number of rotatable bonds is 10. The molecule has 15 heteroatoms. The zero-order valence-corrected chi connectivity index (χ0v) is 23.6. The molecule has 2 saturated heterocycles. The summed E-state index contributed by atoms with van der Waals surface area (Å²) in [5.41, 5.74) is 0.412. The molecule has 3 N–H and O–H groups in total. The smallest absolute Gasteiger partial charge is 0.280 e. The van der Waals surface area contributed by atoms with Crippen molar-refractivity contribution in [2.24, 2.45) is 10.3 Å². The number of benzene rings is 1. The highest BCUT2D eigenvalue weighted by atomic mass is 32.2. The number of aromatic nitrogens is 1. The Morgan fingerprint density at radius 2 is 1.82 bits per heavy atom. The lowest BCUT2D eigenvalue weighted by Crippen LogP contribution is -2.41. The van der Waals surface area contributed by atoms with Crippen molar-refractivity contribution >= 4 is 47.9 Å². The lowest BCUT2D eigenvalue weighted by atomic mass is 10.1. The van der Waals surface area contributed by atoms with E-state index in [1.54, 1.807) is 18.3 Å². The number of oxime groups is 1. The number of piperidine rings is 1. The van der Waals surface area contributed by atoms with Gasteiger partial charge in [-0.25, -0.2) is 27.0 Å². The Balaban J connectivity index is 1.26. The molecule has 2 aromatic rings. The van der Waals surface area contributed by atoms with Gasteiger partial charge < -0.3 is 9.57 Å². The first-order valence-corrected chi connectivity index (χ1v) is 16.7. The van der Waals surface area contributed by atoms with Crippen LogP contribution in [0, 0.1) is 0 Å². The standard InChI is InChI=1S/C24H31N5O7S3/c25-39(33,34)21-7-10-29(11-8-21)14-18-13-26-24(37-18)27-23(30)22(28-36-17-9-12-35-15-17)16-1-3-19(4-2-16)38(31,32)20-5-6-20/h1-4,13,17,20-21H,5-12,14-15H2,(H2,25,33,34)(H,26,27,30)/t17-/m1/s1. The average Bonchev–Trinajstić information content (AvgIpc) is 3.49. The van der Waals surface area contributed by atoms with Crippen molar-refractivity contribution in [3.63, 3.8) is 0 Å². The van der Waals surface area contributed by atoms with Crippen LogP contribution in [0.5, 0.6) is 0 Å². The predicted octanol–water partition coefficient (Wildman–Crippen LogP) is 1.48. The van der Waals surface area contributed by atoms with Gasteiger partial charge in [0.25, 0.3) is 5.91 Å². The minimum absolute atomic E-state index is 0.000846. The van der Waals surface area contributed by atoms with E-state index in [1.807, 2.05) is 0 Å². The maximum absolute atomic E-state index is 13.3. The Kier molecular flexibility index (Phi) is 8.35. The molecule has 3 aliphatic rings. The van der Waals surface area contributed by atoms with Gasteiger partial charge in [-0.2, -0.15) is 0 Å². The number of nitrogens with two attached hydrogens (primary N) is 1. The Hall–Kier alpha value is -2.43. The van der Waals surface area contributed by atoms with Crippen molar-refractivity contribution in [1.29, 1.82) is 0 Å². The Labute approximate surface area is 231 Å². The fraction of sp³-hybridized carbons (Fsp3) is 0.542. The second-order valence-corrected chi connectivity index (χ2v) is 15.1. The quantitative estimate of drug-likeness (QED) is 0.304. The van der Waals surface area contributed by atoms with Gasteiger partial charge in [-0.3, -0.25) is 15.0 Å². The van der Waals surface area contributed by atoms with Crippen molar-refractivity contribution in [3.8, 4) is 0 Å². The number of primary sulfonamides is 1. The molecule has 1 aliphatic carbocycles. The number of anilines is 1. The van der Waals surface area contributed by atoms with Crippen LogP contribution >= 0.6 is 11.3 Å². The monoisotopic (exact) mass is 597 g/mol. The maximum Gasteiger partial charge on any atom is 0.280 e. The second kappa shape index (κ2) is 11.6. The molecule has 3 heterocycles. The number of nitrogens with zero attached hydrogens (tertiary/aromatic N) is 3. The predicted molar refractivity (Wildman–Crippen MR) is 146 cm³/mol. The van der Waals surface area contributed by atoms with E-state index in [0.717, 1.165) is 4.88 Å². The number of sulfone groups is 1. The fourth-order valence-corrected chi connectivity index (χ4v) is 7.91. The summed E-state index contributed by atoms with van der Waals surface area (Å²) >= 11 is 1.31. The first kappa shape index (κ1) is 28.1. The lowest BCUT2D eigenvalue weighted by molar-refractivity contribution is -0.110. The Morgan fingerprint density at radius 3 is 2.44 bits per heavy atom. The first-order valence-electron chi connectivity index (χ1n) is 12.8. The second-order valence-electron chi connectivity index (χ2n) is 9.95. The van der Waals surface area contributed by atoms with Crippen molar-refractivity contribution in [2.75, 3.05) is 31.6 Å². The van der Waals surface area contributed by atoms with Crippen LogP contribution in [-0.2, 0) is 40.8 Å². The number of likely N-dealkylation sites (tertiary alicyclic amines) is 1. The third-order valence-corrected chi connectivity index (χ3v) is 11.5. The number of carbonyl (C=O) groups is 1. The van der Waals surface area contributed by atoms with E-state index in [1.165, 1.54) is 23.5 Å². The zero-order chi connectivity index (χ0) is 27.6. The Bertz CT molecular complexity index is 1420. The van der Waals surface area contributed by atoms with Gasteiger partial charge in [0.05, 0.1) is 28.6 Å². The van der Waals surface area contributed by atoms with Crippen LogP contribution in [-0.4, -0.2) is 81.2 Å². The molecule has 0 bridgehead atoms. The third kappa shape index (κ3) is 7.02.